The Hall–Kier alpha value is -0.970. The van der Waals surface area contributed by atoms with Crippen LogP contribution in [0.4, 0.5) is 0 Å². The van der Waals surface area contributed by atoms with E-state index in [-0.39, 0.29) is 5.91 Å². The second kappa shape index (κ2) is 5.21. The monoisotopic (exact) mass is 225 g/mol. The lowest BCUT2D eigenvalue weighted by atomic mass is 10.2. The Bertz CT molecular complexity index is 306. The van der Waals surface area contributed by atoms with Crippen molar-refractivity contribution in [2.75, 3.05) is 5.75 Å². The second-order valence-corrected chi connectivity index (χ2v) is 4.70. The average molecular weight is 225 g/mol. The van der Waals surface area contributed by atoms with Gasteiger partial charge in [-0.3, -0.25) is 4.79 Å². The topological polar surface area (TPSA) is 57.8 Å². The third kappa shape index (κ3) is 3.27. The van der Waals surface area contributed by atoms with E-state index in [1.807, 2.05) is 0 Å². The van der Waals surface area contributed by atoms with Crippen LogP contribution in [-0.2, 0) is 4.79 Å². The molecule has 1 aliphatic carbocycles. The van der Waals surface area contributed by atoms with Gasteiger partial charge in [0.25, 0.3) is 0 Å². The lowest BCUT2D eigenvalue weighted by Crippen LogP contribution is -2.33. The van der Waals surface area contributed by atoms with E-state index in [1.165, 1.54) is 24.6 Å². The summed E-state index contributed by atoms with van der Waals surface area (Å²) in [5.74, 6) is 0.563. The van der Waals surface area contributed by atoms with Gasteiger partial charge in [-0.25, -0.2) is 4.98 Å². The van der Waals surface area contributed by atoms with E-state index in [4.69, 9.17) is 0 Å². The number of aromatic amines is 1. The highest BCUT2D eigenvalue weighted by atomic mass is 32.2. The summed E-state index contributed by atoms with van der Waals surface area (Å²) in [6.45, 7) is 0. The van der Waals surface area contributed by atoms with Crippen molar-refractivity contribution in [2.45, 2.75) is 36.9 Å². The van der Waals surface area contributed by atoms with Crippen LogP contribution in [0.2, 0.25) is 0 Å². The molecule has 1 fully saturated rings. The molecule has 0 unspecified atom stereocenters. The van der Waals surface area contributed by atoms with Crippen LogP contribution >= 0.6 is 11.8 Å². The van der Waals surface area contributed by atoms with E-state index in [0.717, 1.165) is 18.0 Å². The normalized spacial score (nSPS) is 16.8. The van der Waals surface area contributed by atoms with Gasteiger partial charge in [0, 0.05) is 18.4 Å². The van der Waals surface area contributed by atoms with E-state index >= 15 is 0 Å². The van der Waals surface area contributed by atoms with Gasteiger partial charge in [0.15, 0.2) is 5.16 Å². The number of aromatic nitrogens is 2. The minimum atomic E-state index is 0.114. The molecule has 15 heavy (non-hydrogen) atoms. The van der Waals surface area contributed by atoms with Crippen LogP contribution in [-0.4, -0.2) is 27.7 Å². The van der Waals surface area contributed by atoms with Crippen molar-refractivity contribution < 1.29 is 4.79 Å². The molecule has 0 atom stereocenters. The molecule has 0 aromatic carbocycles. The zero-order valence-electron chi connectivity index (χ0n) is 8.53. The van der Waals surface area contributed by atoms with E-state index in [1.54, 1.807) is 12.4 Å². The average Bonchev–Trinajstić information content (AvgIpc) is 2.86. The number of nitrogens with one attached hydrogen (secondary N) is 2. The maximum atomic E-state index is 11.5. The van der Waals surface area contributed by atoms with Gasteiger partial charge in [-0.2, -0.15) is 0 Å². The molecule has 1 saturated carbocycles. The van der Waals surface area contributed by atoms with Gasteiger partial charge in [0.2, 0.25) is 5.91 Å². The summed E-state index contributed by atoms with van der Waals surface area (Å²) in [5, 5.41) is 3.84. The highest BCUT2D eigenvalue weighted by molar-refractivity contribution is 7.99. The van der Waals surface area contributed by atoms with Gasteiger partial charge in [-0.05, 0) is 12.8 Å². The standard InChI is InChI=1S/C10H15N3OS/c14-9(13-8-3-1-2-4-8)7-15-10-11-5-6-12-10/h5-6,8H,1-4,7H2,(H,11,12)(H,13,14). The molecule has 0 spiro atoms. The largest absolute Gasteiger partial charge is 0.353 e. The van der Waals surface area contributed by atoms with Crippen LogP contribution in [0.25, 0.3) is 0 Å². The summed E-state index contributed by atoms with van der Waals surface area (Å²) in [7, 11) is 0. The molecule has 1 aromatic heterocycles. The fourth-order valence-electron chi connectivity index (χ4n) is 1.80. The highest BCUT2D eigenvalue weighted by Crippen LogP contribution is 2.18. The molecular formula is C10H15N3OS. The van der Waals surface area contributed by atoms with E-state index in [2.05, 4.69) is 15.3 Å². The minimum absolute atomic E-state index is 0.114. The number of carbonyl (C=O) groups is 1. The van der Waals surface area contributed by atoms with E-state index < -0.39 is 0 Å². The summed E-state index contributed by atoms with van der Waals surface area (Å²) >= 11 is 1.44. The molecule has 5 heteroatoms. The maximum Gasteiger partial charge on any atom is 0.230 e. The van der Waals surface area contributed by atoms with E-state index in [9.17, 15) is 4.79 Å². The van der Waals surface area contributed by atoms with Crippen molar-refractivity contribution in [1.82, 2.24) is 15.3 Å². The SMILES string of the molecule is O=C(CSc1ncc[nH]1)NC1CCCC1. The summed E-state index contributed by atoms with van der Waals surface area (Å²) in [4.78, 5) is 18.5. The van der Waals surface area contributed by atoms with Crippen LogP contribution in [0.1, 0.15) is 25.7 Å². The number of imidazole rings is 1. The lowest BCUT2D eigenvalue weighted by molar-refractivity contribution is -0.119. The first-order valence-electron chi connectivity index (χ1n) is 5.26. The number of amides is 1. The molecule has 2 N–H and O–H groups in total. The quantitative estimate of drug-likeness (QED) is 0.765. The van der Waals surface area contributed by atoms with Crippen molar-refractivity contribution in [2.24, 2.45) is 0 Å². The molecule has 4 nitrogen and oxygen atoms in total. The van der Waals surface area contributed by atoms with Crippen LogP contribution in [0.3, 0.4) is 0 Å². The zero-order valence-corrected chi connectivity index (χ0v) is 9.35. The third-order valence-electron chi connectivity index (χ3n) is 2.53. The first-order valence-corrected chi connectivity index (χ1v) is 6.25. The Kier molecular flexibility index (Phi) is 3.66. The number of carbonyl (C=O) groups excluding carboxylic acids is 1. The first-order chi connectivity index (χ1) is 7.34. The van der Waals surface area contributed by atoms with Gasteiger partial charge in [-0.1, -0.05) is 24.6 Å². The number of thioether (sulfide) groups is 1. The number of hydrogen-bond acceptors (Lipinski definition) is 3. The molecule has 1 aliphatic rings. The molecule has 1 amide bonds. The first kappa shape index (κ1) is 10.5. The fourth-order valence-corrected chi connectivity index (χ4v) is 2.44. The van der Waals surface area contributed by atoms with Crippen LogP contribution in [0.15, 0.2) is 17.6 Å². The van der Waals surface area contributed by atoms with Gasteiger partial charge < -0.3 is 10.3 Å². The smallest absolute Gasteiger partial charge is 0.230 e. The molecule has 82 valence electrons. The molecule has 1 heterocycles. The van der Waals surface area contributed by atoms with Crippen LogP contribution in [0, 0.1) is 0 Å². The zero-order chi connectivity index (χ0) is 10.5. The Morgan fingerprint density at radius 3 is 3.07 bits per heavy atom. The summed E-state index contributed by atoms with van der Waals surface area (Å²) in [6.07, 6.45) is 8.22. The van der Waals surface area contributed by atoms with Gasteiger partial charge in [-0.15, -0.1) is 0 Å². The van der Waals surface area contributed by atoms with E-state index in [0.29, 0.717) is 11.8 Å². The van der Waals surface area contributed by atoms with Crippen molar-refractivity contribution in [1.29, 1.82) is 0 Å². The van der Waals surface area contributed by atoms with Crippen molar-refractivity contribution in [3.05, 3.63) is 12.4 Å². The summed E-state index contributed by atoms with van der Waals surface area (Å²) in [5.41, 5.74) is 0. The minimum Gasteiger partial charge on any atom is -0.353 e. The Morgan fingerprint density at radius 2 is 2.40 bits per heavy atom. The number of H-pyrrole nitrogens is 1. The molecule has 0 bridgehead atoms. The predicted octanol–water partition coefficient (Wildman–Crippen LogP) is 1.56. The fraction of sp³-hybridized carbons (Fsp3) is 0.600. The third-order valence-corrected chi connectivity index (χ3v) is 3.44. The second-order valence-electron chi connectivity index (χ2n) is 3.73. The van der Waals surface area contributed by atoms with Gasteiger partial charge >= 0.3 is 0 Å². The molecule has 1 aromatic rings. The Balaban J connectivity index is 1.68. The van der Waals surface area contributed by atoms with Crippen LogP contribution in [0.5, 0.6) is 0 Å². The predicted molar refractivity (Wildman–Crippen MR) is 59.7 cm³/mol. The van der Waals surface area contributed by atoms with Crippen molar-refractivity contribution in [3.63, 3.8) is 0 Å². The summed E-state index contributed by atoms with van der Waals surface area (Å²) in [6, 6.07) is 0.412. The molecule has 0 saturated heterocycles. The summed E-state index contributed by atoms with van der Waals surface area (Å²) < 4.78 is 0. The number of nitrogens with zero attached hydrogens (tertiary/aromatic N) is 1. The molecular weight excluding hydrogens is 210 g/mol. The Labute approximate surface area is 93.2 Å². The molecule has 0 aliphatic heterocycles. The maximum absolute atomic E-state index is 11.5. The van der Waals surface area contributed by atoms with Crippen molar-refractivity contribution in [3.8, 4) is 0 Å². The number of hydrogen-bond donors (Lipinski definition) is 2. The van der Waals surface area contributed by atoms with Crippen molar-refractivity contribution >= 4 is 17.7 Å². The van der Waals surface area contributed by atoms with Gasteiger partial charge in [0.05, 0.1) is 5.75 Å². The number of rotatable bonds is 4. The lowest BCUT2D eigenvalue weighted by Gasteiger charge is -2.10. The Morgan fingerprint density at radius 1 is 1.60 bits per heavy atom. The highest BCUT2D eigenvalue weighted by Gasteiger charge is 2.16. The molecule has 0 radical (unpaired) electrons. The molecule has 2 rings (SSSR count). The van der Waals surface area contributed by atoms with Gasteiger partial charge in [0.1, 0.15) is 0 Å². The van der Waals surface area contributed by atoms with Crippen LogP contribution < -0.4 is 5.32 Å².